The third kappa shape index (κ3) is 5.08. The molecule has 2 aliphatic heterocycles. The summed E-state index contributed by atoms with van der Waals surface area (Å²) in [7, 11) is 0. The molecule has 23 heavy (non-hydrogen) atoms. The lowest BCUT2D eigenvalue weighted by atomic mass is 9.99. The van der Waals surface area contributed by atoms with Gasteiger partial charge >= 0.3 is 6.09 Å². The summed E-state index contributed by atoms with van der Waals surface area (Å²) in [6.07, 6.45) is 3.80. The zero-order chi connectivity index (χ0) is 17.3. The molecular formula is C18H33NO4. The van der Waals surface area contributed by atoms with Gasteiger partial charge in [-0.25, -0.2) is 4.79 Å². The van der Waals surface area contributed by atoms with Crippen LogP contribution in [0, 0.1) is 0 Å². The molecule has 134 valence electrons. The van der Waals surface area contributed by atoms with Crippen LogP contribution < -0.4 is 0 Å². The summed E-state index contributed by atoms with van der Waals surface area (Å²) in [6, 6.07) is 0. The van der Waals surface area contributed by atoms with Crippen molar-refractivity contribution in [3.05, 3.63) is 0 Å². The molecule has 0 radical (unpaired) electrons. The number of carbonyl (C=O) groups is 1. The van der Waals surface area contributed by atoms with Gasteiger partial charge < -0.3 is 19.1 Å². The maximum Gasteiger partial charge on any atom is 0.410 e. The molecule has 2 atom stereocenters. The largest absolute Gasteiger partial charge is 0.444 e. The van der Waals surface area contributed by atoms with Crippen LogP contribution in [0.25, 0.3) is 0 Å². The van der Waals surface area contributed by atoms with Crippen molar-refractivity contribution in [3.63, 3.8) is 0 Å². The molecule has 0 aromatic carbocycles. The van der Waals surface area contributed by atoms with Crippen LogP contribution in [0.15, 0.2) is 0 Å². The van der Waals surface area contributed by atoms with E-state index in [2.05, 4.69) is 20.8 Å². The molecule has 1 amide bonds. The Morgan fingerprint density at radius 1 is 1.30 bits per heavy atom. The van der Waals surface area contributed by atoms with Crippen molar-refractivity contribution in [2.24, 2.45) is 0 Å². The normalized spacial score (nSPS) is 30.7. The molecular weight excluding hydrogens is 294 g/mol. The summed E-state index contributed by atoms with van der Waals surface area (Å²) in [5.41, 5.74) is -0.753. The molecule has 2 fully saturated rings. The Kier molecular flexibility index (Phi) is 5.31. The van der Waals surface area contributed by atoms with E-state index in [1.807, 2.05) is 20.8 Å². The highest BCUT2D eigenvalue weighted by molar-refractivity contribution is 5.68. The van der Waals surface area contributed by atoms with E-state index in [1.54, 1.807) is 4.90 Å². The molecule has 0 bridgehead atoms. The number of likely N-dealkylation sites (tertiary alicyclic amines) is 1. The number of rotatable bonds is 4. The second kappa shape index (κ2) is 6.60. The maximum atomic E-state index is 12.2. The van der Waals surface area contributed by atoms with Gasteiger partial charge in [0.05, 0.1) is 30.5 Å². The van der Waals surface area contributed by atoms with Crippen LogP contribution in [0.4, 0.5) is 4.79 Å². The van der Waals surface area contributed by atoms with Crippen molar-refractivity contribution in [1.82, 2.24) is 4.90 Å². The monoisotopic (exact) mass is 327 g/mol. The lowest BCUT2D eigenvalue weighted by Crippen LogP contribution is -2.41. The summed E-state index contributed by atoms with van der Waals surface area (Å²) in [4.78, 5) is 14.0. The SMILES string of the molecule is CCC1(OCC2CCC(C)(C)O2)CCN(C(=O)OC(C)(C)C)C1. The van der Waals surface area contributed by atoms with Crippen LogP contribution in [0.2, 0.25) is 0 Å². The van der Waals surface area contributed by atoms with Crippen molar-refractivity contribution < 1.29 is 19.0 Å². The van der Waals surface area contributed by atoms with Gasteiger partial charge in [0, 0.05) is 6.54 Å². The van der Waals surface area contributed by atoms with Gasteiger partial charge in [-0.05, 0) is 60.3 Å². The van der Waals surface area contributed by atoms with Crippen LogP contribution in [0.3, 0.4) is 0 Å². The molecule has 0 N–H and O–H groups in total. The molecule has 0 aromatic heterocycles. The highest BCUT2D eigenvalue weighted by Crippen LogP contribution is 2.33. The van der Waals surface area contributed by atoms with Gasteiger partial charge in [0.15, 0.2) is 0 Å². The maximum absolute atomic E-state index is 12.2. The van der Waals surface area contributed by atoms with Crippen molar-refractivity contribution >= 4 is 6.09 Å². The molecule has 2 rings (SSSR count). The average Bonchev–Trinajstić information content (AvgIpc) is 2.99. The molecule has 2 heterocycles. The standard InChI is InChI=1S/C18H33NO4/c1-7-18(21-12-14-8-9-17(5,6)22-14)10-11-19(13-18)15(20)23-16(2,3)4/h14H,7-13H2,1-6H3. The Morgan fingerprint density at radius 2 is 2.00 bits per heavy atom. The van der Waals surface area contributed by atoms with E-state index in [-0.39, 0.29) is 23.4 Å². The third-order valence-electron chi connectivity index (χ3n) is 4.74. The summed E-state index contributed by atoms with van der Waals surface area (Å²) in [5, 5.41) is 0. The predicted molar refractivity (Wildman–Crippen MR) is 89.6 cm³/mol. The number of amides is 1. The molecule has 2 saturated heterocycles. The van der Waals surface area contributed by atoms with Crippen molar-refractivity contribution in [2.75, 3.05) is 19.7 Å². The minimum absolute atomic E-state index is 0.0361. The zero-order valence-electron chi connectivity index (χ0n) is 15.6. The lowest BCUT2D eigenvalue weighted by molar-refractivity contribution is -0.105. The fourth-order valence-electron chi connectivity index (χ4n) is 3.30. The van der Waals surface area contributed by atoms with Gasteiger partial charge in [0.1, 0.15) is 5.60 Å². The molecule has 0 saturated carbocycles. The van der Waals surface area contributed by atoms with Crippen molar-refractivity contribution in [1.29, 1.82) is 0 Å². The minimum Gasteiger partial charge on any atom is -0.444 e. The Bertz CT molecular complexity index is 429. The molecule has 2 aliphatic rings. The topological polar surface area (TPSA) is 48.0 Å². The number of nitrogens with zero attached hydrogens (tertiary/aromatic N) is 1. The minimum atomic E-state index is -0.460. The third-order valence-corrected chi connectivity index (χ3v) is 4.74. The van der Waals surface area contributed by atoms with E-state index in [1.165, 1.54) is 0 Å². The molecule has 0 aliphatic carbocycles. The zero-order valence-corrected chi connectivity index (χ0v) is 15.6. The van der Waals surface area contributed by atoms with Crippen LogP contribution in [-0.4, -0.2) is 53.6 Å². The van der Waals surface area contributed by atoms with Crippen LogP contribution in [-0.2, 0) is 14.2 Å². The van der Waals surface area contributed by atoms with E-state index >= 15 is 0 Å². The first-order valence-corrected chi connectivity index (χ1v) is 8.84. The van der Waals surface area contributed by atoms with Crippen molar-refractivity contribution in [3.8, 4) is 0 Å². The van der Waals surface area contributed by atoms with Gasteiger partial charge in [-0.3, -0.25) is 0 Å². The number of hydrogen-bond donors (Lipinski definition) is 0. The summed E-state index contributed by atoms with van der Waals surface area (Å²) in [5.74, 6) is 0. The first kappa shape index (κ1) is 18.5. The number of carbonyl (C=O) groups excluding carboxylic acids is 1. The highest BCUT2D eigenvalue weighted by Gasteiger charge is 2.42. The molecule has 0 aromatic rings. The number of hydrogen-bond acceptors (Lipinski definition) is 4. The Balaban J connectivity index is 1.86. The Labute approximate surface area is 140 Å². The van der Waals surface area contributed by atoms with Gasteiger partial charge in [-0.1, -0.05) is 6.92 Å². The van der Waals surface area contributed by atoms with Gasteiger partial charge in [-0.2, -0.15) is 0 Å². The predicted octanol–water partition coefficient (Wildman–Crippen LogP) is 3.75. The van der Waals surface area contributed by atoms with Crippen molar-refractivity contribution in [2.45, 2.75) is 90.1 Å². The summed E-state index contributed by atoms with van der Waals surface area (Å²) >= 11 is 0. The van der Waals surface area contributed by atoms with Crippen LogP contribution >= 0.6 is 0 Å². The fourth-order valence-corrected chi connectivity index (χ4v) is 3.30. The first-order valence-electron chi connectivity index (χ1n) is 8.84. The summed E-state index contributed by atoms with van der Waals surface area (Å²) in [6.45, 7) is 14.0. The van der Waals surface area contributed by atoms with Crippen LogP contribution in [0.1, 0.15) is 67.2 Å². The average molecular weight is 327 g/mol. The fraction of sp³-hybridized carbons (Fsp3) is 0.944. The lowest BCUT2D eigenvalue weighted by Gasteiger charge is -2.31. The molecule has 2 unspecified atom stereocenters. The summed E-state index contributed by atoms with van der Waals surface area (Å²) < 4.78 is 17.7. The molecule has 5 heteroatoms. The van der Waals surface area contributed by atoms with E-state index in [0.717, 1.165) is 25.7 Å². The Morgan fingerprint density at radius 3 is 2.52 bits per heavy atom. The smallest absolute Gasteiger partial charge is 0.410 e. The molecule has 0 spiro atoms. The second-order valence-corrected chi connectivity index (χ2v) is 8.54. The quantitative estimate of drug-likeness (QED) is 0.789. The van der Waals surface area contributed by atoms with Gasteiger partial charge in [-0.15, -0.1) is 0 Å². The first-order chi connectivity index (χ1) is 10.5. The highest BCUT2D eigenvalue weighted by atomic mass is 16.6. The van der Waals surface area contributed by atoms with Gasteiger partial charge in [0.2, 0.25) is 0 Å². The molecule has 5 nitrogen and oxygen atoms in total. The number of ether oxygens (including phenoxy) is 3. The second-order valence-electron chi connectivity index (χ2n) is 8.54. The van der Waals surface area contributed by atoms with E-state index < -0.39 is 5.60 Å². The Hall–Kier alpha value is -0.810. The van der Waals surface area contributed by atoms with E-state index in [0.29, 0.717) is 19.7 Å². The van der Waals surface area contributed by atoms with Gasteiger partial charge in [0.25, 0.3) is 0 Å². The van der Waals surface area contributed by atoms with Crippen LogP contribution in [0.5, 0.6) is 0 Å². The van der Waals surface area contributed by atoms with E-state index in [9.17, 15) is 4.79 Å². The van der Waals surface area contributed by atoms with E-state index in [4.69, 9.17) is 14.2 Å².